The summed E-state index contributed by atoms with van der Waals surface area (Å²) in [5.74, 6) is 0.731. The van der Waals surface area contributed by atoms with E-state index in [0.717, 1.165) is 46.8 Å². The summed E-state index contributed by atoms with van der Waals surface area (Å²) < 4.78 is 8.39. The molecule has 1 aromatic heterocycles. The van der Waals surface area contributed by atoms with Gasteiger partial charge in [-0.25, -0.2) is 0 Å². The van der Waals surface area contributed by atoms with Gasteiger partial charge in [0.15, 0.2) is 0 Å². The Labute approximate surface area is 254 Å². The van der Waals surface area contributed by atoms with E-state index in [9.17, 15) is 0 Å². The third-order valence-electron chi connectivity index (χ3n) is 7.17. The van der Waals surface area contributed by atoms with Crippen molar-refractivity contribution in [2.75, 3.05) is 0 Å². The van der Waals surface area contributed by atoms with Gasteiger partial charge in [0.2, 0.25) is 0 Å². The third-order valence-corrected chi connectivity index (χ3v) is 7.95. The first kappa shape index (κ1) is 30.5. The topological polar surface area (TPSA) is 27.1 Å². The molecular weight excluding hydrogens is 559 g/mol. The molecule has 0 saturated carbocycles. The molecule has 0 spiro atoms. The minimum absolute atomic E-state index is 0.455. The highest BCUT2D eigenvalue weighted by atomic mass is 35.5. The minimum Gasteiger partial charge on any atom is -0.488 e. The first-order valence-corrected chi connectivity index (χ1v) is 15.7. The van der Waals surface area contributed by atoms with Crippen molar-refractivity contribution in [2.24, 2.45) is 0 Å². The number of benzene rings is 3. The zero-order valence-corrected chi connectivity index (χ0v) is 25.6. The van der Waals surface area contributed by atoms with Crippen molar-refractivity contribution in [3.63, 3.8) is 0 Å². The van der Waals surface area contributed by atoms with Gasteiger partial charge in [0.1, 0.15) is 12.4 Å². The molecule has 1 heterocycles. The Hall–Kier alpha value is -2.46. The molecule has 0 radical (unpaired) electrons. The van der Waals surface area contributed by atoms with Gasteiger partial charge in [-0.15, -0.1) is 0 Å². The summed E-state index contributed by atoms with van der Waals surface area (Å²) in [6, 6.07) is 23.6. The first-order chi connectivity index (χ1) is 19.5. The monoisotopic (exact) mass is 596 g/mol. The lowest BCUT2D eigenvalue weighted by Gasteiger charge is -2.14. The van der Waals surface area contributed by atoms with Crippen LogP contribution in [0.3, 0.4) is 0 Å². The molecule has 0 aliphatic heterocycles. The van der Waals surface area contributed by atoms with E-state index < -0.39 is 0 Å². The van der Waals surface area contributed by atoms with Crippen LogP contribution in [-0.4, -0.2) is 9.78 Å². The molecule has 0 unspecified atom stereocenters. The van der Waals surface area contributed by atoms with E-state index in [0.29, 0.717) is 21.7 Å². The Bertz CT molecular complexity index is 1340. The number of nitrogens with zero attached hydrogens (tertiary/aromatic N) is 2. The van der Waals surface area contributed by atoms with Crippen molar-refractivity contribution in [3.05, 3.63) is 93.4 Å². The molecule has 3 aromatic carbocycles. The molecule has 4 aromatic rings. The largest absolute Gasteiger partial charge is 0.488 e. The molecule has 0 aliphatic carbocycles. The number of aryl methyl sites for hydroxylation is 1. The van der Waals surface area contributed by atoms with E-state index in [1.807, 2.05) is 48.5 Å². The van der Waals surface area contributed by atoms with Gasteiger partial charge < -0.3 is 4.74 Å². The van der Waals surface area contributed by atoms with Gasteiger partial charge in [0, 0.05) is 27.7 Å². The van der Waals surface area contributed by atoms with Crippen molar-refractivity contribution < 1.29 is 4.74 Å². The summed E-state index contributed by atoms with van der Waals surface area (Å²) in [4.78, 5) is 0. The van der Waals surface area contributed by atoms with Crippen LogP contribution in [0.2, 0.25) is 15.1 Å². The van der Waals surface area contributed by atoms with Gasteiger partial charge in [-0.3, -0.25) is 4.68 Å². The van der Waals surface area contributed by atoms with E-state index in [1.165, 1.54) is 57.8 Å². The van der Waals surface area contributed by atoms with Crippen LogP contribution < -0.4 is 4.74 Å². The van der Waals surface area contributed by atoms with E-state index in [4.69, 9.17) is 44.6 Å². The maximum absolute atomic E-state index is 6.58. The Morgan fingerprint density at radius 2 is 1.30 bits per heavy atom. The molecule has 0 fully saturated rings. The average Bonchev–Trinajstić information content (AvgIpc) is 3.37. The quantitative estimate of drug-likeness (QED) is 0.120. The van der Waals surface area contributed by atoms with Gasteiger partial charge in [-0.1, -0.05) is 130 Å². The second kappa shape index (κ2) is 16.1. The fourth-order valence-corrected chi connectivity index (χ4v) is 5.61. The lowest BCUT2D eigenvalue weighted by Crippen LogP contribution is -2.04. The molecule has 0 saturated heterocycles. The van der Waals surface area contributed by atoms with E-state index >= 15 is 0 Å². The van der Waals surface area contributed by atoms with Crippen LogP contribution in [0.5, 0.6) is 5.75 Å². The standard InChI is InChI=1S/C34H39Cl3N2O/c1-2-3-4-5-6-7-8-9-10-14-21-39-33(24-32(38-39)29-19-17-27(35)22-31(29)37)30-20-18-28(36)23-34(30)40-25-26-15-12-11-13-16-26/h11-13,15-20,22-24H,2-10,14,21,25H2,1H3. The van der Waals surface area contributed by atoms with Crippen molar-refractivity contribution in [3.8, 4) is 28.3 Å². The second-order valence-corrected chi connectivity index (χ2v) is 11.6. The number of aromatic nitrogens is 2. The normalized spacial score (nSPS) is 11.2. The van der Waals surface area contributed by atoms with Crippen LogP contribution in [0.25, 0.3) is 22.5 Å². The number of unbranched alkanes of at least 4 members (excludes halogenated alkanes) is 9. The summed E-state index contributed by atoms with van der Waals surface area (Å²) in [6.07, 6.45) is 12.9. The fraction of sp³-hybridized carbons (Fsp3) is 0.382. The van der Waals surface area contributed by atoms with E-state index in [2.05, 4.69) is 29.8 Å². The zero-order chi connectivity index (χ0) is 28.2. The first-order valence-electron chi connectivity index (χ1n) is 14.5. The molecule has 40 heavy (non-hydrogen) atoms. The number of rotatable bonds is 16. The van der Waals surface area contributed by atoms with Gasteiger partial charge in [-0.2, -0.15) is 5.10 Å². The highest BCUT2D eigenvalue weighted by Crippen LogP contribution is 2.37. The molecule has 0 atom stereocenters. The van der Waals surface area contributed by atoms with Crippen molar-refractivity contribution in [1.29, 1.82) is 0 Å². The SMILES string of the molecule is CCCCCCCCCCCCn1nc(-c2ccc(Cl)cc2Cl)cc1-c1ccc(Cl)cc1OCc1ccccc1. The number of hydrogen-bond donors (Lipinski definition) is 0. The maximum Gasteiger partial charge on any atom is 0.130 e. The summed E-state index contributed by atoms with van der Waals surface area (Å²) in [7, 11) is 0. The molecule has 4 rings (SSSR count). The smallest absolute Gasteiger partial charge is 0.130 e. The Morgan fingerprint density at radius 3 is 1.98 bits per heavy atom. The molecule has 0 amide bonds. The molecule has 0 bridgehead atoms. The highest BCUT2D eigenvalue weighted by molar-refractivity contribution is 6.36. The van der Waals surface area contributed by atoms with Crippen LogP contribution in [0.4, 0.5) is 0 Å². The van der Waals surface area contributed by atoms with Crippen LogP contribution in [-0.2, 0) is 13.2 Å². The predicted octanol–water partition coefficient (Wildman–Crippen LogP) is 11.7. The maximum atomic E-state index is 6.58. The fourth-order valence-electron chi connectivity index (χ4n) is 4.94. The summed E-state index contributed by atoms with van der Waals surface area (Å²) >= 11 is 19.2. The summed E-state index contributed by atoms with van der Waals surface area (Å²) in [5, 5.41) is 6.83. The van der Waals surface area contributed by atoms with Crippen LogP contribution in [0.15, 0.2) is 72.8 Å². The Morgan fingerprint density at radius 1 is 0.675 bits per heavy atom. The molecule has 6 heteroatoms. The Kier molecular flexibility index (Phi) is 12.3. The summed E-state index contributed by atoms with van der Waals surface area (Å²) in [6.45, 7) is 3.54. The average molecular weight is 598 g/mol. The van der Waals surface area contributed by atoms with Crippen LogP contribution in [0, 0.1) is 0 Å². The second-order valence-electron chi connectivity index (χ2n) is 10.4. The highest BCUT2D eigenvalue weighted by Gasteiger charge is 2.18. The van der Waals surface area contributed by atoms with Crippen LogP contribution >= 0.6 is 34.8 Å². The third kappa shape index (κ3) is 9.03. The van der Waals surface area contributed by atoms with Crippen molar-refractivity contribution in [1.82, 2.24) is 9.78 Å². The summed E-state index contributed by atoms with van der Waals surface area (Å²) in [5.41, 5.74) is 4.71. The lowest BCUT2D eigenvalue weighted by atomic mass is 10.1. The molecule has 0 aliphatic rings. The number of hydrogen-bond acceptors (Lipinski definition) is 2. The Balaban J connectivity index is 1.51. The van der Waals surface area contributed by atoms with Gasteiger partial charge in [0.05, 0.1) is 16.4 Å². The van der Waals surface area contributed by atoms with E-state index in [-0.39, 0.29) is 0 Å². The van der Waals surface area contributed by atoms with E-state index in [1.54, 1.807) is 6.07 Å². The zero-order valence-electron chi connectivity index (χ0n) is 23.4. The molecule has 0 N–H and O–H groups in total. The predicted molar refractivity (Wildman–Crippen MR) is 171 cm³/mol. The van der Waals surface area contributed by atoms with Crippen molar-refractivity contribution >= 4 is 34.8 Å². The molecule has 212 valence electrons. The minimum atomic E-state index is 0.455. The van der Waals surface area contributed by atoms with Gasteiger partial charge in [-0.05, 0) is 54.4 Å². The number of halogens is 3. The number of ether oxygens (including phenoxy) is 1. The van der Waals surface area contributed by atoms with Gasteiger partial charge in [0.25, 0.3) is 0 Å². The molecular formula is C34H39Cl3N2O. The lowest BCUT2D eigenvalue weighted by molar-refractivity contribution is 0.307. The van der Waals surface area contributed by atoms with Crippen molar-refractivity contribution in [2.45, 2.75) is 84.3 Å². The van der Waals surface area contributed by atoms with Gasteiger partial charge >= 0.3 is 0 Å². The van der Waals surface area contributed by atoms with Crippen LogP contribution in [0.1, 0.15) is 76.7 Å². The molecule has 3 nitrogen and oxygen atoms in total.